The van der Waals surface area contributed by atoms with Crippen molar-refractivity contribution in [1.29, 1.82) is 0 Å². The maximum absolute atomic E-state index is 13.0. The quantitative estimate of drug-likeness (QED) is 0.845. The van der Waals surface area contributed by atoms with Gasteiger partial charge in [-0.15, -0.1) is 0 Å². The summed E-state index contributed by atoms with van der Waals surface area (Å²) in [4.78, 5) is 4.25. The highest BCUT2D eigenvalue weighted by Crippen LogP contribution is 2.19. The molecule has 0 spiro atoms. The van der Waals surface area contributed by atoms with Crippen LogP contribution in [0.2, 0.25) is 0 Å². The Kier molecular flexibility index (Phi) is 5.01. The zero-order chi connectivity index (χ0) is 13.8. The molecule has 2 nitrogen and oxygen atoms in total. The number of benzene rings is 1. The van der Waals surface area contributed by atoms with Crippen molar-refractivity contribution >= 4 is 31.9 Å². The number of aromatic nitrogens is 1. The van der Waals surface area contributed by atoms with Gasteiger partial charge in [0.15, 0.2) is 11.6 Å². The fourth-order valence-corrected chi connectivity index (χ4v) is 2.68. The second kappa shape index (κ2) is 6.54. The standard InChI is InChI=1S/C13H10Br2F2N2/c14-9-4-10(15)13(19-6-9)7-18-5-8-1-2-11(16)12(17)3-8/h1-4,6,18H,5,7H2. The Labute approximate surface area is 126 Å². The molecule has 0 saturated heterocycles. The second-order valence-electron chi connectivity index (χ2n) is 3.93. The number of nitrogens with one attached hydrogen (secondary N) is 1. The summed E-state index contributed by atoms with van der Waals surface area (Å²) in [5, 5.41) is 3.13. The van der Waals surface area contributed by atoms with Crippen molar-refractivity contribution in [3.8, 4) is 0 Å². The Morgan fingerprint density at radius 2 is 1.84 bits per heavy atom. The second-order valence-corrected chi connectivity index (χ2v) is 5.70. The SMILES string of the molecule is Fc1ccc(CNCc2ncc(Br)cc2Br)cc1F. The van der Waals surface area contributed by atoms with Crippen LogP contribution in [0.1, 0.15) is 11.3 Å². The van der Waals surface area contributed by atoms with E-state index in [2.05, 4.69) is 42.2 Å². The molecule has 0 saturated carbocycles. The smallest absolute Gasteiger partial charge is 0.159 e. The predicted molar refractivity (Wildman–Crippen MR) is 76.5 cm³/mol. The summed E-state index contributed by atoms with van der Waals surface area (Å²) < 4.78 is 27.6. The number of rotatable bonds is 4. The molecule has 19 heavy (non-hydrogen) atoms. The van der Waals surface area contributed by atoms with Crippen molar-refractivity contribution in [3.05, 3.63) is 62.3 Å². The lowest BCUT2D eigenvalue weighted by atomic mass is 10.2. The molecule has 1 aromatic carbocycles. The first-order chi connectivity index (χ1) is 9.06. The van der Waals surface area contributed by atoms with Crippen molar-refractivity contribution in [2.45, 2.75) is 13.1 Å². The Bertz CT molecular complexity index is 591. The van der Waals surface area contributed by atoms with Crippen LogP contribution in [0.3, 0.4) is 0 Å². The summed E-state index contributed by atoms with van der Waals surface area (Å²) in [6.45, 7) is 0.980. The summed E-state index contributed by atoms with van der Waals surface area (Å²) in [6.07, 6.45) is 1.71. The molecule has 0 fully saturated rings. The lowest BCUT2D eigenvalue weighted by Gasteiger charge is -2.07. The van der Waals surface area contributed by atoms with Gasteiger partial charge in [0, 0.05) is 28.2 Å². The van der Waals surface area contributed by atoms with Crippen molar-refractivity contribution in [3.63, 3.8) is 0 Å². The largest absolute Gasteiger partial charge is 0.307 e. The molecule has 0 radical (unpaired) electrons. The van der Waals surface area contributed by atoms with E-state index in [4.69, 9.17) is 0 Å². The normalized spacial score (nSPS) is 10.7. The molecule has 0 atom stereocenters. The van der Waals surface area contributed by atoms with Crippen molar-refractivity contribution in [2.24, 2.45) is 0 Å². The number of halogens is 4. The predicted octanol–water partition coefficient (Wildman–Crippen LogP) is 4.17. The van der Waals surface area contributed by atoms with Crippen molar-refractivity contribution in [2.75, 3.05) is 0 Å². The monoisotopic (exact) mass is 390 g/mol. The first-order valence-corrected chi connectivity index (χ1v) is 7.09. The molecule has 0 amide bonds. The Hall–Kier alpha value is -0.850. The van der Waals surface area contributed by atoms with Crippen LogP contribution in [-0.2, 0) is 13.1 Å². The molecule has 1 aromatic heterocycles. The topological polar surface area (TPSA) is 24.9 Å². The molecule has 0 unspecified atom stereocenters. The van der Waals surface area contributed by atoms with E-state index < -0.39 is 11.6 Å². The fraction of sp³-hybridized carbons (Fsp3) is 0.154. The third-order valence-electron chi connectivity index (χ3n) is 2.49. The molecule has 2 aromatic rings. The molecule has 1 heterocycles. The van der Waals surface area contributed by atoms with Crippen LogP contribution in [0.5, 0.6) is 0 Å². The van der Waals surface area contributed by atoms with E-state index in [0.717, 1.165) is 20.7 Å². The van der Waals surface area contributed by atoms with Gasteiger partial charge in [0.05, 0.1) is 5.69 Å². The minimum atomic E-state index is -0.832. The maximum atomic E-state index is 13.0. The van der Waals surface area contributed by atoms with E-state index in [1.165, 1.54) is 6.07 Å². The lowest BCUT2D eigenvalue weighted by molar-refractivity contribution is 0.506. The molecule has 100 valence electrons. The molecule has 0 aliphatic rings. The van der Waals surface area contributed by atoms with Gasteiger partial charge in [0.2, 0.25) is 0 Å². The van der Waals surface area contributed by atoms with Crippen LogP contribution in [-0.4, -0.2) is 4.98 Å². The number of hydrogen-bond donors (Lipinski definition) is 1. The number of nitrogens with zero attached hydrogens (tertiary/aromatic N) is 1. The molecule has 6 heteroatoms. The van der Waals surface area contributed by atoms with Crippen LogP contribution in [0.25, 0.3) is 0 Å². The molecule has 0 aliphatic heterocycles. The Morgan fingerprint density at radius 3 is 2.53 bits per heavy atom. The summed E-state index contributed by atoms with van der Waals surface area (Å²) in [7, 11) is 0. The highest BCUT2D eigenvalue weighted by atomic mass is 79.9. The van der Waals surface area contributed by atoms with Gasteiger partial charge in [-0.2, -0.15) is 0 Å². The average molecular weight is 392 g/mol. The van der Waals surface area contributed by atoms with Gasteiger partial charge in [-0.1, -0.05) is 6.07 Å². The first-order valence-electron chi connectivity index (χ1n) is 5.51. The highest BCUT2D eigenvalue weighted by Gasteiger charge is 2.04. The Morgan fingerprint density at radius 1 is 1.05 bits per heavy atom. The van der Waals surface area contributed by atoms with Gasteiger partial charge < -0.3 is 5.32 Å². The molecule has 2 rings (SSSR count). The minimum absolute atomic E-state index is 0.446. The van der Waals surface area contributed by atoms with Gasteiger partial charge >= 0.3 is 0 Å². The van der Waals surface area contributed by atoms with E-state index in [1.807, 2.05) is 6.07 Å². The van der Waals surface area contributed by atoms with Gasteiger partial charge in [-0.25, -0.2) is 8.78 Å². The van der Waals surface area contributed by atoms with E-state index in [1.54, 1.807) is 12.3 Å². The number of pyridine rings is 1. The van der Waals surface area contributed by atoms with E-state index in [-0.39, 0.29) is 0 Å². The van der Waals surface area contributed by atoms with Gasteiger partial charge in [0.25, 0.3) is 0 Å². The summed E-state index contributed by atoms with van der Waals surface area (Å²) in [5.41, 5.74) is 1.54. The van der Waals surface area contributed by atoms with Crippen molar-refractivity contribution in [1.82, 2.24) is 10.3 Å². The maximum Gasteiger partial charge on any atom is 0.159 e. The molecular formula is C13H10Br2F2N2. The van der Waals surface area contributed by atoms with E-state index in [0.29, 0.717) is 18.7 Å². The number of hydrogen-bond acceptors (Lipinski definition) is 2. The fourth-order valence-electron chi connectivity index (χ4n) is 1.55. The van der Waals surface area contributed by atoms with Crippen LogP contribution >= 0.6 is 31.9 Å². The molecule has 0 bridgehead atoms. The van der Waals surface area contributed by atoms with Gasteiger partial charge in [0.1, 0.15) is 0 Å². The van der Waals surface area contributed by atoms with Crippen molar-refractivity contribution < 1.29 is 8.78 Å². The van der Waals surface area contributed by atoms with Gasteiger partial charge in [-0.05, 0) is 55.6 Å². The van der Waals surface area contributed by atoms with Crippen LogP contribution < -0.4 is 5.32 Å². The minimum Gasteiger partial charge on any atom is -0.307 e. The summed E-state index contributed by atoms with van der Waals surface area (Å²) in [6, 6.07) is 5.77. The molecular weight excluding hydrogens is 382 g/mol. The third kappa shape index (κ3) is 4.06. The highest BCUT2D eigenvalue weighted by molar-refractivity contribution is 9.11. The third-order valence-corrected chi connectivity index (χ3v) is 3.61. The summed E-state index contributed by atoms with van der Waals surface area (Å²) in [5.74, 6) is -1.66. The van der Waals surface area contributed by atoms with Crippen LogP contribution in [0.15, 0.2) is 39.4 Å². The first kappa shape index (κ1) is 14.6. The van der Waals surface area contributed by atoms with Gasteiger partial charge in [-0.3, -0.25) is 4.98 Å². The van der Waals surface area contributed by atoms with Crippen LogP contribution in [0, 0.1) is 11.6 Å². The average Bonchev–Trinajstić information content (AvgIpc) is 2.36. The molecule has 0 aliphatic carbocycles. The Balaban J connectivity index is 1.94. The zero-order valence-corrected chi connectivity index (χ0v) is 12.9. The zero-order valence-electron chi connectivity index (χ0n) is 9.76. The van der Waals surface area contributed by atoms with E-state index >= 15 is 0 Å². The summed E-state index contributed by atoms with van der Waals surface area (Å²) >= 11 is 6.74. The van der Waals surface area contributed by atoms with E-state index in [9.17, 15) is 8.78 Å². The lowest BCUT2D eigenvalue weighted by Crippen LogP contribution is -2.14. The van der Waals surface area contributed by atoms with Crippen LogP contribution in [0.4, 0.5) is 8.78 Å². The molecule has 1 N–H and O–H groups in total.